The van der Waals surface area contributed by atoms with Gasteiger partial charge in [-0.05, 0) is 17.7 Å². The molecule has 3 rings (SSSR count). The van der Waals surface area contributed by atoms with E-state index in [1.807, 2.05) is 60.7 Å². The van der Waals surface area contributed by atoms with Crippen molar-refractivity contribution >= 4 is 5.69 Å². The maximum absolute atomic E-state index is 9.63. The highest BCUT2D eigenvalue weighted by molar-refractivity contribution is 5.90. The number of nitrogens with two attached hydrogens (primary N) is 1. The molecular weight excluding hydrogens is 310 g/mol. The third-order valence-corrected chi connectivity index (χ3v) is 4.07. The molecule has 0 aliphatic carbocycles. The zero-order chi connectivity index (χ0) is 17.8. The van der Waals surface area contributed by atoms with Crippen molar-refractivity contribution in [1.29, 1.82) is 10.5 Å². The molecule has 2 N–H and O–H groups in total. The van der Waals surface area contributed by atoms with E-state index in [2.05, 4.69) is 12.1 Å². The number of hydrogen-bond acceptors (Lipinski definition) is 4. The molecule has 0 spiro atoms. The van der Waals surface area contributed by atoms with Crippen molar-refractivity contribution in [1.82, 2.24) is 0 Å². The molecule has 0 saturated heterocycles. The normalized spacial score (nSPS) is 9.88. The Morgan fingerprint density at radius 1 is 0.800 bits per heavy atom. The molecule has 0 unspecified atom stereocenters. The summed E-state index contributed by atoms with van der Waals surface area (Å²) in [5.74, 6) is 0.641. The van der Waals surface area contributed by atoms with Gasteiger partial charge in [0.2, 0.25) is 0 Å². The topological polar surface area (TPSA) is 82.8 Å². The van der Waals surface area contributed by atoms with Gasteiger partial charge in [0, 0.05) is 16.7 Å². The summed E-state index contributed by atoms with van der Waals surface area (Å²) in [4.78, 5) is 0. The van der Waals surface area contributed by atoms with Crippen molar-refractivity contribution in [3.8, 4) is 40.1 Å². The largest absolute Gasteiger partial charge is 0.496 e. The van der Waals surface area contributed by atoms with Gasteiger partial charge in [0.05, 0.1) is 23.9 Å². The van der Waals surface area contributed by atoms with Crippen molar-refractivity contribution in [3.63, 3.8) is 0 Å². The lowest BCUT2D eigenvalue weighted by Crippen LogP contribution is -2.01. The molecular formula is C21H15N3O. The molecule has 25 heavy (non-hydrogen) atoms. The van der Waals surface area contributed by atoms with Crippen LogP contribution < -0.4 is 10.5 Å². The van der Waals surface area contributed by atoms with Crippen LogP contribution in [0.5, 0.6) is 5.75 Å². The Labute approximate surface area is 146 Å². The van der Waals surface area contributed by atoms with Crippen LogP contribution in [0.1, 0.15) is 11.1 Å². The molecule has 0 radical (unpaired) electrons. The minimum atomic E-state index is 0.187. The fourth-order valence-electron chi connectivity index (χ4n) is 2.87. The van der Waals surface area contributed by atoms with E-state index < -0.39 is 0 Å². The number of nitrogen functional groups attached to an aromatic ring is 1. The van der Waals surface area contributed by atoms with Crippen molar-refractivity contribution in [2.24, 2.45) is 0 Å². The van der Waals surface area contributed by atoms with Gasteiger partial charge in [-0.3, -0.25) is 0 Å². The summed E-state index contributed by atoms with van der Waals surface area (Å²) >= 11 is 0. The highest BCUT2D eigenvalue weighted by Gasteiger charge is 2.19. The van der Waals surface area contributed by atoms with Gasteiger partial charge in [0.15, 0.2) is 0 Å². The molecule has 0 atom stereocenters. The Hall–Kier alpha value is -3.76. The molecule has 0 amide bonds. The quantitative estimate of drug-likeness (QED) is 0.725. The van der Waals surface area contributed by atoms with Gasteiger partial charge >= 0.3 is 0 Å². The van der Waals surface area contributed by atoms with Crippen molar-refractivity contribution in [3.05, 3.63) is 71.8 Å². The molecule has 4 heteroatoms. The van der Waals surface area contributed by atoms with Crippen LogP contribution in [0.25, 0.3) is 22.3 Å². The summed E-state index contributed by atoms with van der Waals surface area (Å²) in [5, 5.41) is 19.2. The molecule has 3 aromatic carbocycles. The van der Waals surface area contributed by atoms with E-state index in [0.29, 0.717) is 22.4 Å². The van der Waals surface area contributed by atoms with Crippen LogP contribution in [0.15, 0.2) is 60.7 Å². The second-order valence-corrected chi connectivity index (χ2v) is 5.43. The van der Waals surface area contributed by atoms with E-state index >= 15 is 0 Å². The predicted molar refractivity (Wildman–Crippen MR) is 97.7 cm³/mol. The van der Waals surface area contributed by atoms with Gasteiger partial charge < -0.3 is 10.5 Å². The molecule has 0 heterocycles. The first-order valence-corrected chi connectivity index (χ1v) is 7.66. The van der Waals surface area contributed by atoms with E-state index in [4.69, 9.17) is 10.5 Å². The van der Waals surface area contributed by atoms with E-state index in [1.165, 1.54) is 0 Å². The summed E-state index contributed by atoms with van der Waals surface area (Å²) in [6, 6.07) is 23.1. The molecule has 120 valence electrons. The molecule has 0 fully saturated rings. The van der Waals surface area contributed by atoms with Crippen LogP contribution in [0.3, 0.4) is 0 Å². The summed E-state index contributed by atoms with van der Waals surface area (Å²) in [6.07, 6.45) is 0. The van der Waals surface area contributed by atoms with Crippen LogP contribution in [0, 0.1) is 22.7 Å². The van der Waals surface area contributed by atoms with Crippen molar-refractivity contribution in [2.75, 3.05) is 12.8 Å². The van der Waals surface area contributed by atoms with Crippen LogP contribution in [0.4, 0.5) is 5.69 Å². The van der Waals surface area contributed by atoms with Gasteiger partial charge in [-0.2, -0.15) is 10.5 Å². The van der Waals surface area contributed by atoms with Crippen LogP contribution >= 0.6 is 0 Å². The number of nitrogens with zero attached hydrogens (tertiary/aromatic N) is 2. The average Bonchev–Trinajstić information content (AvgIpc) is 2.67. The SMILES string of the molecule is COc1ccccc1-c1cc(-c2ccccc2)c(C#N)c(N)c1C#N. The maximum atomic E-state index is 9.63. The lowest BCUT2D eigenvalue weighted by molar-refractivity contribution is 0.416. The number of para-hydroxylation sites is 1. The first kappa shape index (κ1) is 16.1. The predicted octanol–water partition coefficient (Wildman–Crippen LogP) is 4.35. The van der Waals surface area contributed by atoms with Gasteiger partial charge in [-0.25, -0.2) is 0 Å². The second kappa shape index (κ2) is 6.78. The summed E-state index contributed by atoms with van der Waals surface area (Å²) in [6.45, 7) is 0. The van der Waals surface area contributed by atoms with E-state index in [9.17, 15) is 10.5 Å². The first-order chi connectivity index (χ1) is 12.2. The molecule has 3 aromatic rings. The number of nitriles is 2. The minimum Gasteiger partial charge on any atom is -0.496 e. The number of methoxy groups -OCH3 is 1. The van der Waals surface area contributed by atoms with Crippen molar-refractivity contribution in [2.45, 2.75) is 0 Å². The molecule has 0 saturated carbocycles. The number of anilines is 1. The third kappa shape index (κ3) is 2.78. The monoisotopic (exact) mass is 325 g/mol. The summed E-state index contributed by atoms with van der Waals surface area (Å²) < 4.78 is 5.43. The standard InChI is InChI=1S/C21H15N3O/c1-25-20-10-6-5-9-15(20)17-11-16(14-7-3-2-4-8-14)18(12-22)21(24)19(17)13-23/h2-11H,24H2,1H3. The van der Waals surface area contributed by atoms with Gasteiger partial charge in [0.25, 0.3) is 0 Å². The Kier molecular flexibility index (Phi) is 4.37. The molecule has 4 nitrogen and oxygen atoms in total. The van der Waals surface area contributed by atoms with E-state index in [1.54, 1.807) is 7.11 Å². The summed E-state index contributed by atoms with van der Waals surface area (Å²) in [5.41, 5.74) is 9.93. The zero-order valence-electron chi connectivity index (χ0n) is 13.7. The average molecular weight is 325 g/mol. The minimum absolute atomic E-state index is 0.187. The number of hydrogen-bond donors (Lipinski definition) is 1. The fraction of sp³-hybridized carbons (Fsp3) is 0.0476. The lowest BCUT2D eigenvalue weighted by atomic mass is 9.89. The maximum Gasteiger partial charge on any atom is 0.126 e. The molecule has 0 aromatic heterocycles. The highest BCUT2D eigenvalue weighted by Crippen LogP contribution is 2.40. The van der Waals surface area contributed by atoms with Crippen LogP contribution in [-0.4, -0.2) is 7.11 Å². The molecule has 0 bridgehead atoms. The van der Waals surface area contributed by atoms with Crippen LogP contribution in [-0.2, 0) is 0 Å². The van der Waals surface area contributed by atoms with Gasteiger partial charge in [-0.15, -0.1) is 0 Å². The second-order valence-electron chi connectivity index (χ2n) is 5.43. The van der Waals surface area contributed by atoms with Gasteiger partial charge in [0.1, 0.15) is 17.9 Å². The Bertz CT molecular complexity index is 1010. The van der Waals surface area contributed by atoms with E-state index in [0.717, 1.165) is 11.1 Å². The van der Waals surface area contributed by atoms with Gasteiger partial charge in [-0.1, -0.05) is 48.5 Å². The Morgan fingerprint density at radius 3 is 2.04 bits per heavy atom. The van der Waals surface area contributed by atoms with Crippen molar-refractivity contribution < 1.29 is 4.74 Å². The highest BCUT2D eigenvalue weighted by atomic mass is 16.5. The Balaban J connectivity index is 2.39. The lowest BCUT2D eigenvalue weighted by Gasteiger charge is -2.15. The molecule has 0 aliphatic rings. The summed E-state index contributed by atoms with van der Waals surface area (Å²) in [7, 11) is 1.58. The molecule has 0 aliphatic heterocycles. The third-order valence-electron chi connectivity index (χ3n) is 4.07. The van der Waals surface area contributed by atoms with E-state index in [-0.39, 0.29) is 11.3 Å². The number of benzene rings is 3. The first-order valence-electron chi connectivity index (χ1n) is 7.66. The fourth-order valence-corrected chi connectivity index (χ4v) is 2.87. The van der Waals surface area contributed by atoms with Crippen LogP contribution in [0.2, 0.25) is 0 Å². The number of rotatable bonds is 3. The zero-order valence-corrected chi connectivity index (χ0v) is 13.7. The smallest absolute Gasteiger partial charge is 0.126 e. The number of ether oxygens (including phenoxy) is 1. The Morgan fingerprint density at radius 2 is 1.40 bits per heavy atom.